The van der Waals surface area contributed by atoms with Crippen LogP contribution in [0.1, 0.15) is 13.8 Å². The number of anilines is 1. The van der Waals surface area contributed by atoms with Crippen LogP contribution in [0.2, 0.25) is 0 Å². The highest BCUT2D eigenvalue weighted by molar-refractivity contribution is 7.92. The quantitative estimate of drug-likeness (QED) is 0.831. The van der Waals surface area contributed by atoms with E-state index in [2.05, 4.69) is 4.72 Å². The van der Waals surface area contributed by atoms with Crippen LogP contribution in [0.25, 0.3) is 0 Å². The van der Waals surface area contributed by atoms with Gasteiger partial charge in [0, 0.05) is 19.2 Å². The van der Waals surface area contributed by atoms with Crippen molar-refractivity contribution in [2.24, 2.45) is 5.92 Å². The van der Waals surface area contributed by atoms with E-state index in [0.29, 0.717) is 31.1 Å². The zero-order valence-corrected chi connectivity index (χ0v) is 15.0. The van der Waals surface area contributed by atoms with Gasteiger partial charge in [-0.05, 0) is 19.1 Å². The maximum absolute atomic E-state index is 12.4. The van der Waals surface area contributed by atoms with Gasteiger partial charge in [0.05, 0.1) is 37.2 Å². The van der Waals surface area contributed by atoms with Gasteiger partial charge >= 0.3 is 0 Å². The predicted octanol–water partition coefficient (Wildman–Crippen LogP) is 1.32. The molecule has 2 atom stereocenters. The van der Waals surface area contributed by atoms with Crippen molar-refractivity contribution in [2.75, 3.05) is 37.3 Å². The van der Waals surface area contributed by atoms with Gasteiger partial charge in [0.1, 0.15) is 5.75 Å². The molecule has 1 aliphatic rings. The first-order valence-corrected chi connectivity index (χ1v) is 9.51. The summed E-state index contributed by atoms with van der Waals surface area (Å²) in [5, 5.41) is 0. The van der Waals surface area contributed by atoms with E-state index >= 15 is 0 Å². The smallest absolute Gasteiger partial charge is 0.233 e. The maximum Gasteiger partial charge on any atom is 0.233 e. The van der Waals surface area contributed by atoms with Gasteiger partial charge in [-0.1, -0.05) is 13.0 Å². The molecule has 1 N–H and O–H groups in total. The summed E-state index contributed by atoms with van der Waals surface area (Å²) in [7, 11) is -2.13. The molecule has 0 bridgehead atoms. The number of ether oxygens (including phenoxy) is 2. The van der Waals surface area contributed by atoms with Gasteiger partial charge in [0.25, 0.3) is 0 Å². The Morgan fingerprint density at radius 3 is 2.92 bits per heavy atom. The van der Waals surface area contributed by atoms with Crippen LogP contribution in [0, 0.1) is 5.92 Å². The lowest BCUT2D eigenvalue weighted by Crippen LogP contribution is -2.47. The van der Waals surface area contributed by atoms with E-state index in [1.165, 1.54) is 7.11 Å². The lowest BCUT2D eigenvalue weighted by Gasteiger charge is -2.32. The molecule has 8 heteroatoms. The molecule has 2 unspecified atom stereocenters. The third-order valence-corrected chi connectivity index (χ3v) is 5.27. The van der Waals surface area contributed by atoms with Crippen molar-refractivity contribution in [1.82, 2.24) is 4.90 Å². The molecule has 24 heavy (non-hydrogen) atoms. The fourth-order valence-electron chi connectivity index (χ4n) is 2.64. The van der Waals surface area contributed by atoms with E-state index in [4.69, 9.17) is 9.47 Å². The number of carbonyl (C=O) groups is 1. The lowest BCUT2D eigenvalue weighted by atomic mass is 10.1. The van der Waals surface area contributed by atoms with E-state index in [-0.39, 0.29) is 17.8 Å². The lowest BCUT2D eigenvalue weighted by molar-refractivity contribution is -0.141. The normalized spacial score (nSPS) is 19.6. The summed E-state index contributed by atoms with van der Waals surface area (Å²) in [6.07, 6.45) is -0.0265. The Morgan fingerprint density at radius 1 is 1.50 bits per heavy atom. The van der Waals surface area contributed by atoms with Gasteiger partial charge < -0.3 is 14.4 Å². The highest BCUT2D eigenvalue weighted by Crippen LogP contribution is 2.19. The molecule has 7 nitrogen and oxygen atoms in total. The van der Waals surface area contributed by atoms with Gasteiger partial charge in [-0.15, -0.1) is 0 Å². The first-order chi connectivity index (χ1) is 11.3. The van der Waals surface area contributed by atoms with Crippen LogP contribution < -0.4 is 9.46 Å². The molecule has 1 fully saturated rings. The summed E-state index contributed by atoms with van der Waals surface area (Å²) in [5.74, 6) is -0.504. The van der Waals surface area contributed by atoms with Crippen molar-refractivity contribution in [2.45, 2.75) is 20.0 Å². The van der Waals surface area contributed by atoms with Gasteiger partial charge in [-0.3, -0.25) is 9.52 Å². The Labute approximate surface area is 143 Å². The standard InChI is InChI=1S/C16H24N2O5S/c1-12(16(19)18-7-8-23-13(2)10-18)11-24(20,21)17-14-5-4-6-15(9-14)22-3/h4-6,9,12-13,17H,7-8,10-11H2,1-3H3. The minimum Gasteiger partial charge on any atom is -0.497 e. The number of benzene rings is 1. The van der Waals surface area contributed by atoms with Gasteiger partial charge in [0.2, 0.25) is 15.9 Å². The summed E-state index contributed by atoms with van der Waals surface area (Å²) >= 11 is 0. The van der Waals surface area contributed by atoms with Crippen LogP contribution in [0.15, 0.2) is 24.3 Å². The first kappa shape index (κ1) is 18.5. The van der Waals surface area contributed by atoms with E-state index in [0.717, 1.165) is 0 Å². The Balaban J connectivity index is 1.98. The summed E-state index contributed by atoms with van der Waals surface area (Å²) in [4.78, 5) is 14.1. The summed E-state index contributed by atoms with van der Waals surface area (Å²) < 4.78 is 37.6. The molecule has 1 heterocycles. The third-order valence-electron chi connectivity index (χ3n) is 3.79. The molecule has 2 rings (SSSR count). The molecule has 0 aromatic heterocycles. The average Bonchev–Trinajstić information content (AvgIpc) is 2.53. The molecule has 1 aliphatic heterocycles. The highest BCUT2D eigenvalue weighted by Gasteiger charge is 2.28. The molecule has 1 aromatic rings. The van der Waals surface area contributed by atoms with Crippen molar-refractivity contribution in [1.29, 1.82) is 0 Å². The zero-order valence-electron chi connectivity index (χ0n) is 14.2. The molecule has 0 aliphatic carbocycles. The second kappa shape index (κ2) is 7.85. The van der Waals surface area contributed by atoms with E-state index in [9.17, 15) is 13.2 Å². The number of nitrogens with one attached hydrogen (secondary N) is 1. The molecule has 1 amide bonds. The molecule has 1 saturated heterocycles. The topological polar surface area (TPSA) is 84.9 Å². The molecule has 0 radical (unpaired) electrons. The van der Waals surface area contributed by atoms with Crippen LogP contribution in [0.4, 0.5) is 5.69 Å². The van der Waals surface area contributed by atoms with Crippen LogP contribution in [-0.2, 0) is 19.6 Å². The SMILES string of the molecule is COc1cccc(NS(=O)(=O)CC(C)C(=O)N2CCOC(C)C2)c1. The number of morpholine rings is 1. The van der Waals surface area contributed by atoms with E-state index < -0.39 is 15.9 Å². The fraction of sp³-hybridized carbons (Fsp3) is 0.562. The summed E-state index contributed by atoms with van der Waals surface area (Å²) in [6.45, 7) is 5.00. The van der Waals surface area contributed by atoms with Gasteiger partial charge in [-0.25, -0.2) is 8.42 Å². The van der Waals surface area contributed by atoms with Crippen LogP contribution in [-0.4, -0.2) is 57.9 Å². The van der Waals surface area contributed by atoms with Gasteiger partial charge in [-0.2, -0.15) is 0 Å². The van der Waals surface area contributed by atoms with Crippen LogP contribution in [0.3, 0.4) is 0 Å². The van der Waals surface area contributed by atoms with E-state index in [1.54, 1.807) is 36.1 Å². The zero-order chi connectivity index (χ0) is 17.7. The summed E-state index contributed by atoms with van der Waals surface area (Å²) in [5.41, 5.74) is 0.411. The number of hydrogen-bond acceptors (Lipinski definition) is 5. The third kappa shape index (κ3) is 5.10. The molecule has 134 valence electrons. The van der Waals surface area contributed by atoms with Crippen molar-refractivity contribution in [3.63, 3.8) is 0 Å². The second-order valence-corrected chi connectivity index (χ2v) is 7.75. The Morgan fingerprint density at radius 2 is 2.25 bits per heavy atom. The van der Waals surface area contributed by atoms with E-state index in [1.807, 2.05) is 6.92 Å². The van der Waals surface area contributed by atoms with Crippen molar-refractivity contribution >= 4 is 21.6 Å². The number of sulfonamides is 1. The van der Waals surface area contributed by atoms with Crippen molar-refractivity contribution in [3.8, 4) is 5.75 Å². The summed E-state index contributed by atoms with van der Waals surface area (Å²) in [6, 6.07) is 6.65. The largest absolute Gasteiger partial charge is 0.497 e. The average molecular weight is 356 g/mol. The minimum atomic E-state index is -3.64. The predicted molar refractivity (Wildman–Crippen MR) is 91.6 cm³/mol. The maximum atomic E-state index is 12.4. The minimum absolute atomic E-state index is 0.0265. The van der Waals surface area contributed by atoms with Crippen LogP contribution >= 0.6 is 0 Å². The molecule has 0 spiro atoms. The number of amides is 1. The number of carbonyl (C=O) groups excluding carboxylic acids is 1. The molecular formula is C16H24N2O5S. The van der Waals surface area contributed by atoms with Crippen LogP contribution in [0.5, 0.6) is 5.75 Å². The highest BCUT2D eigenvalue weighted by atomic mass is 32.2. The molecule has 0 saturated carbocycles. The number of hydrogen-bond donors (Lipinski definition) is 1. The van der Waals surface area contributed by atoms with Crippen molar-refractivity contribution < 1.29 is 22.7 Å². The molecular weight excluding hydrogens is 332 g/mol. The number of rotatable bonds is 6. The fourth-order valence-corrected chi connectivity index (χ4v) is 4.01. The number of methoxy groups -OCH3 is 1. The Bertz CT molecular complexity index is 677. The monoisotopic (exact) mass is 356 g/mol. The molecule has 1 aromatic carbocycles. The second-order valence-electron chi connectivity index (χ2n) is 5.98. The van der Waals surface area contributed by atoms with Crippen molar-refractivity contribution in [3.05, 3.63) is 24.3 Å². The van der Waals surface area contributed by atoms with Gasteiger partial charge in [0.15, 0.2) is 0 Å². The Hall–Kier alpha value is -1.80. The first-order valence-electron chi connectivity index (χ1n) is 7.85. The Kier molecular flexibility index (Phi) is 6.06. The number of nitrogens with zero attached hydrogens (tertiary/aromatic N) is 1.